The minimum absolute atomic E-state index is 0.814. The van der Waals surface area contributed by atoms with Gasteiger partial charge in [-0.1, -0.05) is 37.6 Å². The number of ether oxygens (including phenoxy) is 1. The van der Waals surface area contributed by atoms with Crippen LogP contribution in [0.15, 0.2) is 54.9 Å². The highest BCUT2D eigenvalue weighted by Gasteiger charge is 2.04. The predicted molar refractivity (Wildman–Crippen MR) is 120 cm³/mol. The molecule has 0 radical (unpaired) electrons. The minimum Gasteiger partial charge on any atom is -0.497 e. The first-order valence-corrected chi connectivity index (χ1v) is 10.7. The van der Waals surface area contributed by atoms with Crippen LogP contribution in [0.5, 0.6) is 5.75 Å². The van der Waals surface area contributed by atoms with E-state index in [1.807, 2.05) is 29.3 Å². The molecule has 0 unspecified atom stereocenters. The number of allylic oxidation sites excluding steroid dienone is 2. The van der Waals surface area contributed by atoms with Crippen molar-refractivity contribution in [3.8, 4) is 5.75 Å². The Morgan fingerprint density at radius 1 is 1.10 bits per heavy atom. The number of aryl methyl sites for hydroxylation is 1. The van der Waals surface area contributed by atoms with Crippen LogP contribution >= 0.6 is 0 Å². The van der Waals surface area contributed by atoms with E-state index in [4.69, 9.17) is 4.74 Å². The van der Waals surface area contributed by atoms with Crippen LogP contribution in [0.2, 0.25) is 0 Å². The summed E-state index contributed by atoms with van der Waals surface area (Å²) < 4.78 is 5.25. The lowest BCUT2D eigenvalue weighted by atomic mass is 9.99. The third kappa shape index (κ3) is 8.51. The number of amides is 1. The molecule has 0 spiro atoms. The number of aromatic nitrogens is 1. The number of pyridine rings is 1. The van der Waals surface area contributed by atoms with Gasteiger partial charge in [0.25, 0.3) is 0 Å². The lowest BCUT2D eigenvalue weighted by Crippen LogP contribution is -2.24. The van der Waals surface area contributed by atoms with Gasteiger partial charge < -0.3 is 9.64 Å². The lowest BCUT2D eigenvalue weighted by Gasteiger charge is -2.17. The van der Waals surface area contributed by atoms with Crippen LogP contribution in [-0.2, 0) is 11.2 Å². The average molecular weight is 395 g/mol. The normalized spacial score (nSPS) is 11.3. The predicted octanol–water partition coefficient (Wildman–Crippen LogP) is 5.54. The van der Waals surface area contributed by atoms with Gasteiger partial charge in [-0.3, -0.25) is 9.78 Å². The van der Waals surface area contributed by atoms with Crippen LogP contribution < -0.4 is 4.74 Å². The number of rotatable bonds is 14. The fraction of sp³-hybridized carbons (Fsp3) is 0.440. The van der Waals surface area contributed by atoms with Crippen molar-refractivity contribution in [2.75, 3.05) is 20.2 Å². The zero-order chi connectivity index (χ0) is 20.7. The van der Waals surface area contributed by atoms with Crippen LogP contribution in [0.4, 0.5) is 0 Å². The molecule has 4 nitrogen and oxygen atoms in total. The first-order valence-electron chi connectivity index (χ1n) is 10.7. The van der Waals surface area contributed by atoms with Gasteiger partial charge in [-0.25, -0.2) is 0 Å². The summed E-state index contributed by atoms with van der Waals surface area (Å²) in [6.07, 6.45) is 14.3. The highest BCUT2D eigenvalue weighted by atomic mass is 16.5. The monoisotopic (exact) mass is 394 g/mol. The standard InChI is InChI=1S/C25H34N2O2/c1-3-9-23(24-13-15-25(29-2)16-14-24)12-5-7-19-27(21-28)18-6-4-10-22-11-8-17-26-20-22/h8,11-17,20-21H,3-7,9-10,18-19H2,1-2H3/b23-12+. The SMILES string of the molecule is CCC/C(=C\CCCN(C=O)CCCCc1cccnc1)c1ccc(OC)cc1. The number of unbranched alkanes of at least 4 members (excludes halogenated alkanes) is 2. The Kier molecular flexibility index (Phi) is 10.6. The molecule has 0 N–H and O–H groups in total. The first-order chi connectivity index (χ1) is 14.3. The third-order valence-corrected chi connectivity index (χ3v) is 5.05. The molecule has 0 bridgehead atoms. The molecule has 2 rings (SSSR count). The number of benzene rings is 1. The summed E-state index contributed by atoms with van der Waals surface area (Å²) in [7, 11) is 1.69. The van der Waals surface area contributed by atoms with Crippen molar-refractivity contribution in [3.63, 3.8) is 0 Å². The van der Waals surface area contributed by atoms with Crippen molar-refractivity contribution in [1.29, 1.82) is 0 Å². The van der Waals surface area contributed by atoms with Crippen LogP contribution in [0.3, 0.4) is 0 Å². The molecule has 29 heavy (non-hydrogen) atoms. The van der Waals surface area contributed by atoms with Gasteiger partial charge in [-0.15, -0.1) is 0 Å². The molecule has 0 saturated carbocycles. The molecule has 1 aromatic heterocycles. The Labute approximate surface area is 175 Å². The van der Waals surface area contributed by atoms with Crippen molar-refractivity contribution in [2.24, 2.45) is 0 Å². The maximum Gasteiger partial charge on any atom is 0.209 e. The Morgan fingerprint density at radius 3 is 2.55 bits per heavy atom. The van der Waals surface area contributed by atoms with E-state index in [-0.39, 0.29) is 0 Å². The quantitative estimate of drug-likeness (QED) is 0.312. The van der Waals surface area contributed by atoms with E-state index in [1.54, 1.807) is 13.3 Å². The fourth-order valence-corrected chi connectivity index (χ4v) is 3.42. The van der Waals surface area contributed by atoms with Crippen molar-refractivity contribution in [3.05, 3.63) is 66.0 Å². The van der Waals surface area contributed by atoms with Crippen molar-refractivity contribution in [1.82, 2.24) is 9.88 Å². The van der Waals surface area contributed by atoms with E-state index in [0.717, 1.165) is 70.2 Å². The van der Waals surface area contributed by atoms with E-state index >= 15 is 0 Å². The summed E-state index contributed by atoms with van der Waals surface area (Å²) in [5.41, 5.74) is 3.90. The van der Waals surface area contributed by atoms with E-state index < -0.39 is 0 Å². The van der Waals surface area contributed by atoms with Crippen LogP contribution in [-0.4, -0.2) is 36.5 Å². The van der Waals surface area contributed by atoms with Crippen LogP contribution in [0, 0.1) is 0 Å². The number of carbonyl (C=O) groups excluding carboxylic acids is 1. The summed E-state index contributed by atoms with van der Waals surface area (Å²) in [6.45, 7) is 3.85. The highest BCUT2D eigenvalue weighted by molar-refractivity contribution is 5.66. The molecule has 2 aromatic rings. The van der Waals surface area contributed by atoms with E-state index in [9.17, 15) is 4.79 Å². The fourth-order valence-electron chi connectivity index (χ4n) is 3.42. The summed E-state index contributed by atoms with van der Waals surface area (Å²) in [6, 6.07) is 12.4. The maximum absolute atomic E-state index is 11.4. The number of hydrogen-bond donors (Lipinski definition) is 0. The van der Waals surface area contributed by atoms with Gasteiger partial charge in [0.1, 0.15) is 5.75 Å². The second kappa shape index (κ2) is 13.5. The average Bonchev–Trinajstić information content (AvgIpc) is 2.78. The largest absolute Gasteiger partial charge is 0.497 e. The molecule has 1 heterocycles. The smallest absolute Gasteiger partial charge is 0.209 e. The van der Waals surface area contributed by atoms with Crippen molar-refractivity contribution >= 4 is 12.0 Å². The summed E-state index contributed by atoms with van der Waals surface area (Å²) in [4.78, 5) is 17.4. The van der Waals surface area contributed by atoms with Crippen LogP contribution in [0.1, 0.15) is 56.6 Å². The zero-order valence-corrected chi connectivity index (χ0v) is 17.8. The Balaban J connectivity index is 1.73. The third-order valence-electron chi connectivity index (χ3n) is 5.05. The molecule has 0 saturated heterocycles. The Hall–Kier alpha value is -2.62. The number of carbonyl (C=O) groups is 1. The van der Waals surface area contributed by atoms with Crippen molar-refractivity contribution in [2.45, 2.75) is 51.9 Å². The second-order valence-electron chi connectivity index (χ2n) is 7.31. The Bertz CT molecular complexity index is 726. The summed E-state index contributed by atoms with van der Waals surface area (Å²) >= 11 is 0. The van der Waals surface area contributed by atoms with Gasteiger partial charge in [-0.05, 0) is 73.4 Å². The molecule has 0 fully saturated rings. The van der Waals surface area contributed by atoms with Gasteiger partial charge in [-0.2, -0.15) is 0 Å². The first kappa shape index (κ1) is 22.7. The molecule has 0 aliphatic heterocycles. The molecule has 1 amide bonds. The van der Waals surface area contributed by atoms with Gasteiger partial charge in [0.15, 0.2) is 0 Å². The van der Waals surface area contributed by atoms with Gasteiger partial charge in [0.2, 0.25) is 6.41 Å². The Morgan fingerprint density at radius 2 is 1.90 bits per heavy atom. The maximum atomic E-state index is 11.4. The van der Waals surface area contributed by atoms with Gasteiger partial charge in [0.05, 0.1) is 7.11 Å². The number of methoxy groups -OCH3 is 1. The van der Waals surface area contributed by atoms with Crippen LogP contribution in [0.25, 0.3) is 5.57 Å². The lowest BCUT2D eigenvalue weighted by molar-refractivity contribution is -0.118. The molecule has 1 aromatic carbocycles. The zero-order valence-electron chi connectivity index (χ0n) is 17.8. The molecular formula is C25H34N2O2. The summed E-state index contributed by atoms with van der Waals surface area (Å²) in [5.74, 6) is 0.884. The topological polar surface area (TPSA) is 42.4 Å². The molecule has 0 aliphatic carbocycles. The molecule has 156 valence electrons. The van der Waals surface area contributed by atoms with Gasteiger partial charge >= 0.3 is 0 Å². The molecular weight excluding hydrogens is 360 g/mol. The van der Waals surface area contributed by atoms with Gasteiger partial charge in [0, 0.05) is 25.5 Å². The second-order valence-corrected chi connectivity index (χ2v) is 7.31. The highest BCUT2D eigenvalue weighted by Crippen LogP contribution is 2.23. The van der Waals surface area contributed by atoms with Crippen molar-refractivity contribution < 1.29 is 9.53 Å². The minimum atomic E-state index is 0.814. The van der Waals surface area contributed by atoms with E-state index in [0.29, 0.717) is 0 Å². The number of nitrogens with zero attached hydrogens (tertiary/aromatic N) is 2. The summed E-state index contributed by atoms with van der Waals surface area (Å²) in [5, 5.41) is 0. The van der Waals surface area contributed by atoms with E-state index in [2.05, 4.69) is 36.2 Å². The molecule has 4 heteroatoms. The molecule has 0 aliphatic rings. The van der Waals surface area contributed by atoms with E-state index in [1.165, 1.54) is 16.7 Å². The number of hydrogen-bond acceptors (Lipinski definition) is 3. The molecule has 0 atom stereocenters.